The van der Waals surface area contributed by atoms with Gasteiger partial charge in [0.25, 0.3) is 0 Å². The van der Waals surface area contributed by atoms with E-state index in [1.54, 1.807) is 5.56 Å². The Balaban J connectivity index is 1.98. The normalized spacial score (nSPS) is 17.1. The van der Waals surface area contributed by atoms with E-state index in [9.17, 15) is 0 Å². The summed E-state index contributed by atoms with van der Waals surface area (Å²) in [5, 5.41) is 2.73. The molecule has 2 nitrogen and oxygen atoms in total. The molecule has 1 aliphatic carbocycles. The van der Waals surface area contributed by atoms with E-state index in [2.05, 4.69) is 86.9 Å². The van der Waals surface area contributed by atoms with Crippen molar-refractivity contribution in [2.75, 3.05) is 6.61 Å². The maximum atomic E-state index is 6.87. The van der Waals surface area contributed by atoms with Gasteiger partial charge >= 0.3 is 0 Å². The Bertz CT molecular complexity index is 677. The van der Waals surface area contributed by atoms with Crippen LogP contribution < -0.4 is 0 Å². The van der Waals surface area contributed by atoms with Gasteiger partial charge in [0, 0.05) is 11.5 Å². The van der Waals surface area contributed by atoms with Crippen LogP contribution in [0.1, 0.15) is 104 Å². The number of rotatable bonds is 13. The Hall–Kier alpha value is 0.0538. The molecule has 1 heterocycles. The lowest BCUT2D eigenvalue weighted by Gasteiger charge is -2.42. The van der Waals surface area contributed by atoms with Gasteiger partial charge in [0.15, 0.2) is 8.32 Å². The molecule has 2 rings (SSSR count). The van der Waals surface area contributed by atoms with Crippen molar-refractivity contribution >= 4 is 28.0 Å². The fourth-order valence-corrected chi connectivity index (χ4v) is 12.8. The van der Waals surface area contributed by atoms with Gasteiger partial charge in [-0.05, 0) is 89.3 Å². The Morgan fingerprint density at radius 1 is 0.969 bits per heavy atom. The van der Waals surface area contributed by atoms with Gasteiger partial charge in [-0.2, -0.15) is 0 Å². The molecule has 1 aromatic rings. The van der Waals surface area contributed by atoms with Crippen molar-refractivity contribution in [3.8, 4) is 0 Å². The molecule has 0 aromatic carbocycles. The molecular weight excluding hydrogens is 445 g/mol. The first-order valence-corrected chi connectivity index (χ1v) is 19.0. The second-order valence-corrected chi connectivity index (χ2v) is 23.9. The Morgan fingerprint density at radius 2 is 1.53 bits per heavy atom. The van der Waals surface area contributed by atoms with Crippen molar-refractivity contribution in [1.82, 2.24) is 0 Å². The van der Waals surface area contributed by atoms with Crippen LogP contribution in [0.2, 0.25) is 34.8 Å². The molecule has 1 aromatic heterocycles. The van der Waals surface area contributed by atoms with E-state index in [-0.39, 0.29) is 0 Å². The van der Waals surface area contributed by atoms with Crippen molar-refractivity contribution in [3.05, 3.63) is 21.9 Å². The van der Waals surface area contributed by atoms with E-state index < -0.39 is 16.6 Å². The maximum absolute atomic E-state index is 6.87. The molecule has 1 unspecified atom stereocenters. The molecule has 32 heavy (non-hydrogen) atoms. The van der Waals surface area contributed by atoms with E-state index in [4.69, 9.17) is 8.85 Å². The highest BCUT2D eigenvalue weighted by Gasteiger charge is 2.45. The summed E-state index contributed by atoms with van der Waals surface area (Å²) in [6, 6.07) is 2.47. The van der Waals surface area contributed by atoms with Crippen LogP contribution in [-0.2, 0) is 15.5 Å². The van der Waals surface area contributed by atoms with Gasteiger partial charge in [-0.25, -0.2) is 0 Å². The molecule has 0 bridgehead atoms. The van der Waals surface area contributed by atoms with Gasteiger partial charge in [0.1, 0.15) is 0 Å². The molecule has 186 valence electrons. The lowest BCUT2D eigenvalue weighted by atomic mass is 9.92. The summed E-state index contributed by atoms with van der Waals surface area (Å²) in [5.74, 6) is 1.60. The summed E-state index contributed by atoms with van der Waals surface area (Å²) in [6.07, 6.45) is 5.25. The first kappa shape index (κ1) is 28.3. The molecule has 0 N–H and O–H groups in total. The molecule has 0 saturated heterocycles. The third kappa shape index (κ3) is 6.81. The van der Waals surface area contributed by atoms with E-state index in [1.807, 2.05) is 11.3 Å². The molecule has 0 radical (unpaired) electrons. The Morgan fingerprint density at radius 3 is 2.00 bits per heavy atom. The van der Waals surface area contributed by atoms with Gasteiger partial charge in [-0.1, -0.05) is 62.3 Å². The van der Waals surface area contributed by atoms with Crippen LogP contribution in [0.15, 0.2) is 11.4 Å². The predicted molar refractivity (Wildman–Crippen MR) is 148 cm³/mol. The molecule has 0 spiro atoms. The van der Waals surface area contributed by atoms with Crippen LogP contribution in [-0.4, -0.2) is 23.2 Å². The number of thiophene rings is 1. The van der Waals surface area contributed by atoms with Gasteiger partial charge in [-0.3, -0.25) is 0 Å². The first-order valence-electron chi connectivity index (χ1n) is 13.1. The van der Waals surface area contributed by atoms with Crippen molar-refractivity contribution in [1.29, 1.82) is 0 Å². The van der Waals surface area contributed by atoms with Crippen molar-refractivity contribution < 1.29 is 8.85 Å². The topological polar surface area (TPSA) is 18.5 Å². The number of hydrogen-bond acceptors (Lipinski definition) is 3. The first-order chi connectivity index (χ1) is 14.7. The largest absolute Gasteiger partial charge is 0.417 e. The molecule has 5 heteroatoms. The summed E-state index contributed by atoms with van der Waals surface area (Å²) in [6.45, 7) is 27.7. The van der Waals surface area contributed by atoms with Gasteiger partial charge in [0.2, 0.25) is 8.32 Å². The molecule has 1 aliphatic rings. The molecule has 1 atom stereocenters. The van der Waals surface area contributed by atoms with Crippen LogP contribution in [0.4, 0.5) is 0 Å². The maximum Gasteiger partial charge on any atom is 0.200 e. The van der Waals surface area contributed by atoms with Gasteiger partial charge in [-0.15, -0.1) is 11.3 Å². The molecule has 0 aliphatic heterocycles. The predicted octanol–water partition coefficient (Wildman–Crippen LogP) is 9.74. The van der Waals surface area contributed by atoms with Crippen LogP contribution in [0.25, 0.3) is 0 Å². The summed E-state index contributed by atoms with van der Waals surface area (Å²) < 4.78 is 13.3. The molecule has 0 amide bonds. The third-order valence-electron chi connectivity index (χ3n) is 8.39. The monoisotopic (exact) mass is 496 g/mol. The van der Waals surface area contributed by atoms with E-state index >= 15 is 0 Å². The summed E-state index contributed by atoms with van der Waals surface area (Å²) >= 11 is 1.92. The van der Waals surface area contributed by atoms with Crippen LogP contribution in [0.5, 0.6) is 0 Å². The molecule has 1 saturated carbocycles. The van der Waals surface area contributed by atoms with Gasteiger partial charge < -0.3 is 8.85 Å². The quantitative estimate of drug-likeness (QED) is 0.200. The van der Waals surface area contributed by atoms with E-state index in [0.29, 0.717) is 27.6 Å². The number of hydrogen-bond donors (Lipinski definition) is 0. The van der Waals surface area contributed by atoms with Crippen LogP contribution >= 0.6 is 11.3 Å². The average molecular weight is 497 g/mol. The zero-order chi connectivity index (χ0) is 24.3. The Kier molecular flexibility index (Phi) is 9.90. The zero-order valence-electron chi connectivity index (χ0n) is 23.0. The van der Waals surface area contributed by atoms with Crippen LogP contribution in [0, 0.1) is 5.92 Å². The summed E-state index contributed by atoms with van der Waals surface area (Å²) in [4.78, 5) is 1.42. The highest BCUT2D eigenvalue weighted by Crippen LogP contribution is 2.47. The highest BCUT2D eigenvalue weighted by molar-refractivity contribution is 7.10. The third-order valence-corrected chi connectivity index (χ3v) is 19.9. The minimum absolute atomic E-state index is 0.297. The lowest BCUT2D eigenvalue weighted by molar-refractivity contribution is 0.268. The van der Waals surface area contributed by atoms with Gasteiger partial charge in [0.05, 0.1) is 6.61 Å². The second kappa shape index (κ2) is 11.2. The highest BCUT2D eigenvalue weighted by atomic mass is 32.1. The van der Waals surface area contributed by atoms with Crippen molar-refractivity contribution in [2.45, 2.75) is 135 Å². The zero-order valence-corrected chi connectivity index (χ0v) is 25.8. The minimum atomic E-state index is -1.80. The summed E-state index contributed by atoms with van der Waals surface area (Å²) in [5.41, 5.74) is 3.49. The van der Waals surface area contributed by atoms with E-state index in [0.717, 1.165) is 19.1 Å². The molecule has 1 fully saturated rings. The fraction of sp³-hybridized carbons (Fsp3) is 0.852. The fourth-order valence-electron chi connectivity index (χ4n) is 5.38. The SMILES string of the molecule is CC(C)[Si](OCc1cc(C(CCCO[Si](C)(C)C(C)(C)C)C2CC2)cs1)(C(C)C)C(C)C. The van der Waals surface area contributed by atoms with Crippen molar-refractivity contribution in [2.24, 2.45) is 5.92 Å². The van der Waals surface area contributed by atoms with E-state index in [1.165, 1.54) is 30.6 Å². The van der Waals surface area contributed by atoms with Crippen LogP contribution in [0.3, 0.4) is 0 Å². The Labute approximate surface area is 206 Å². The average Bonchev–Trinajstić information content (AvgIpc) is 3.38. The smallest absolute Gasteiger partial charge is 0.200 e. The summed E-state index contributed by atoms with van der Waals surface area (Å²) in [7, 11) is -3.43. The minimum Gasteiger partial charge on any atom is -0.417 e. The standard InChI is InChI=1S/C27H52O2SSi2/c1-20(2)32(21(3)4,22(5)6)29-18-25-17-24(19-30-25)26(23-14-15-23)13-12-16-28-31(10,11)27(7,8)9/h17,19-23,26H,12-16,18H2,1-11H3. The second-order valence-electron chi connectivity index (χ2n) is 12.6. The molecular formula is C27H52O2SSi2. The lowest BCUT2D eigenvalue weighted by Crippen LogP contribution is -2.47. The van der Waals surface area contributed by atoms with Crippen molar-refractivity contribution in [3.63, 3.8) is 0 Å².